The number of aliphatic carboxylic acids is 1. The van der Waals surface area contributed by atoms with E-state index in [0.717, 1.165) is 6.54 Å². The van der Waals surface area contributed by atoms with Crippen LogP contribution < -0.4 is 5.32 Å². The van der Waals surface area contributed by atoms with Crippen LogP contribution in [0.15, 0.2) is 0 Å². The molecule has 0 radical (unpaired) electrons. The number of nitrogens with one attached hydrogen (secondary N) is 1. The highest BCUT2D eigenvalue weighted by Gasteiger charge is 2.09. The standard InChI is InChI=1S/C10H22N2O2/c1-8(5-6-10(13)14)11-9(2)7-12(3)4/h8-9,11H,5-7H2,1-4H3,(H,13,14). The van der Waals surface area contributed by atoms with Gasteiger partial charge in [0.2, 0.25) is 0 Å². The Hall–Kier alpha value is -0.610. The van der Waals surface area contributed by atoms with E-state index in [1.165, 1.54) is 0 Å². The molecule has 0 aliphatic heterocycles. The first-order chi connectivity index (χ1) is 6.41. The van der Waals surface area contributed by atoms with Crippen LogP contribution in [0.2, 0.25) is 0 Å². The van der Waals surface area contributed by atoms with Crippen molar-refractivity contribution in [2.75, 3.05) is 20.6 Å². The van der Waals surface area contributed by atoms with E-state index in [1.54, 1.807) is 0 Å². The molecule has 4 nitrogen and oxygen atoms in total. The Kier molecular flexibility index (Phi) is 6.49. The number of rotatable bonds is 7. The first-order valence-electron chi connectivity index (χ1n) is 5.04. The van der Waals surface area contributed by atoms with Gasteiger partial charge < -0.3 is 15.3 Å². The zero-order chi connectivity index (χ0) is 11.1. The number of hydrogen-bond donors (Lipinski definition) is 2. The van der Waals surface area contributed by atoms with Gasteiger partial charge in [0.25, 0.3) is 0 Å². The average molecular weight is 202 g/mol. The largest absolute Gasteiger partial charge is 0.481 e. The van der Waals surface area contributed by atoms with Crippen molar-refractivity contribution in [1.82, 2.24) is 10.2 Å². The monoisotopic (exact) mass is 202 g/mol. The summed E-state index contributed by atoms with van der Waals surface area (Å²) in [4.78, 5) is 12.4. The minimum absolute atomic E-state index is 0.239. The minimum Gasteiger partial charge on any atom is -0.481 e. The normalized spacial score (nSPS) is 15.5. The molecular formula is C10H22N2O2. The molecule has 0 aromatic rings. The number of likely N-dealkylation sites (N-methyl/N-ethyl adjacent to an activating group) is 1. The van der Waals surface area contributed by atoms with Crippen molar-refractivity contribution >= 4 is 5.97 Å². The lowest BCUT2D eigenvalue weighted by atomic mass is 10.1. The summed E-state index contributed by atoms with van der Waals surface area (Å²) in [6.45, 7) is 5.10. The molecule has 4 heteroatoms. The maximum absolute atomic E-state index is 10.3. The zero-order valence-corrected chi connectivity index (χ0v) is 9.58. The fourth-order valence-corrected chi connectivity index (χ4v) is 1.51. The van der Waals surface area contributed by atoms with E-state index in [4.69, 9.17) is 5.11 Å². The molecule has 0 aliphatic rings. The highest BCUT2D eigenvalue weighted by molar-refractivity contribution is 5.66. The summed E-state index contributed by atoms with van der Waals surface area (Å²) < 4.78 is 0. The second-order valence-electron chi connectivity index (χ2n) is 4.16. The van der Waals surface area contributed by atoms with Gasteiger partial charge in [-0.15, -0.1) is 0 Å². The first-order valence-corrected chi connectivity index (χ1v) is 5.04. The molecule has 0 fully saturated rings. The van der Waals surface area contributed by atoms with E-state index in [0.29, 0.717) is 12.5 Å². The molecule has 84 valence electrons. The highest BCUT2D eigenvalue weighted by atomic mass is 16.4. The SMILES string of the molecule is CC(CCC(=O)O)NC(C)CN(C)C. The van der Waals surface area contributed by atoms with Gasteiger partial charge in [-0.2, -0.15) is 0 Å². The van der Waals surface area contributed by atoms with Gasteiger partial charge in [-0.05, 0) is 34.4 Å². The predicted octanol–water partition coefficient (Wildman–Crippen LogP) is 0.779. The molecular weight excluding hydrogens is 180 g/mol. The first kappa shape index (κ1) is 13.4. The van der Waals surface area contributed by atoms with Crippen molar-refractivity contribution in [2.24, 2.45) is 0 Å². The number of carboxylic acids is 1. The lowest BCUT2D eigenvalue weighted by molar-refractivity contribution is -0.137. The predicted molar refractivity (Wildman–Crippen MR) is 57.5 cm³/mol. The van der Waals surface area contributed by atoms with Crippen molar-refractivity contribution in [1.29, 1.82) is 0 Å². The van der Waals surface area contributed by atoms with E-state index in [-0.39, 0.29) is 12.5 Å². The Balaban J connectivity index is 3.59. The molecule has 0 saturated carbocycles. The third-order valence-corrected chi connectivity index (χ3v) is 2.00. The summed E-state index contributed by atoms with van der Waals surface area (Å²) >= 11 is 0. The molecule has 0 spiro atoms. The Morgan fingerprint density at radius 2 is 1.93 bits per heavy atom. The molecule has 2 N–H and O–H groups in total. The highest BCUT2D eigenvalue weighted by Crippen LogP contribution is 1.98. The quantitative estimate of drug-likeness (QED) is 0.640. The number of hydrogen-bond acceptors (Lipinski definition) is 3. The van der Waals surface area contributed by atoms with Gasteiger partial charge in [-0.3, -0.25) is 4.79 Å². The third kappa shape index (κ3) is 8.01. The second-order valence-corrected chi connectivity index (χ2v) is 4.16. The molecule has 0 aromatic carbocycles. The molecule has 14 heavy (non-hydrogen) atoms. The van der Waals surface area contributed by atoms with E-state index in [9.17, 15) is 4.79 Å². The van der Waals surface area contributed by atoms with Crippen LogP contribution in [0.5, 0.6) is 0 Å². The number of nitrogens with zero attached hydrogens (tertiary/aromatic N) is 1. The molecule has 2 unspecified atom stereocenters. The minimum atomic E-state index is -0.723. The van der Waals surface area contributed by atoms with E-state index < -0.39 is 5.97 Å². The van der Waals surface area contributed by atoms with Crippen molar-refractivity contribution < 1.29 is 9.90 Å². The van der Waals surface area contributed by atoms with Crippen molar-refractivity contribution in [3.8, 4) is 0 Å². The molecule has 0 aliphatic carbocycles. The summed E-state index contributed by atoms with van der Waals surface area (Å²) in [6.07, 6.45) is 0.927. The van der Waals surface area contributed by atoms with Gasteiger partial charge in [-0.25, -0.2) is 0 Å². The Morgan fingerprint density at radius 1 is 1.36 bits per heavy atom. The molecule has 0 aromatic heterocycles. The molecule has 0 heterocycles. The Bertz CT molecular complexity index is 172. The molecule has 2 atom stereocenters. The van der Waals surface area contributed by atoms with Crippen LogP contribution in [0, 0.1) is 0 Å². The Morgan fingerprint density at radius 3 is 2.36 bits per heavy atom. The smallest absolute Gasteiger partial charge is 0.303 e. The van der Waals surface area contributed by atoms with E-state index in [2.05, 4.69) is 17.1 Å². The molecule has 0 saturated heterocycles. The van der Waals surface area contributed by atoms with Gasteiger partial charge in [0.1, 0.15) is 0 Å². The number of carboxylic acid groups (broad SMARTS) is 1. The molecule has 0 rings (SSSR count). The lowest BCUT2D eigenvalue weighted by Gasteiger charge is -2.22. The van der Waals surface area contributed by atoms with Crippen LogP contribution in [0.1, 0.15) is 26.7 Å². The zero-order valence-electron chi connectivity index (χ0n) is 9.58. The van der Waals surface area contributed by atoms with E-state index in [1.807, 2.05) is 21.0 Å². The van der Waals surface area contributed by atoms with Gasteiger partial charge in [-0.1, -0.05) is 0 Å². The van der Waals surface area contributed by atoms with Crippen LogP contribution >= 0.6 is 0 Å². The molecule has 0 amide bonds. The summed E-state index contributed by atoms with van der Waals surface area (Å²) in [5, 5.41) is 11.9. The average Bonchev–Trinajstić information content (AvgIpc) is 1.98. The Labute approximate surface area is 86.3 Å². The lowest BCUT2D eigenvalue weighted by Crippen LogP contribution is -2.40. The summed E-state index contributed by atoms with van der Waals surface area (Å²) in [5.41, 5.74) is 0. The van der Waals surface area contributed by atoms with Crippen LogP contribution in [-0.2, 0) is 4.79 Å². The second kappa shape index (κ2) is 6.79. The maximum Gasteiger partial charge on any atom is 0.303 e. The third-order valence-electron chi connectivity index (χ3n) is 2.00. The fourth-order valence-electron chi connectivity index (χ4n) is 1.51. The van der Waals surface area contributed by atoms with Crippen LogP contribution in [0.4, 0.5) is 0 Å². The summed E-state index contributed by atoms with van der Waals surface area (Å²) in [6, 6.07) is 0.662. The van der Waals surface area contributed by atoms with Crippen molar-refractivity contribution in [2.45, 2.75) is 38.8 Å². The summed E-state index contributed by atoms with van der Waals surface area (Å²) in [5.74, 6) is -0.723. The number of carbonyl (C=O) groups is 1. The topological polar surface area (TPSA) is 52.6 Å². The van der Waals surface area contributed by atoms with Gasteiger partial charge in [0.05, 0.1) is 0 Å². The van der Waals surface area contributed by atoms with Crippen molar-refractivity contribution in [3.63, 3.8) is 0 Å². The van der Waals surface area contributed by atoms with Crippen molar-refractivity contribution in [3.05, 3.63) is 0 Å². The van der Waals surface area contributed by atoms with Gasteiger partial charge in [0.15, 0.2) is 0 Å². The van der Waals surface area contributed by atoms with E-state index >= 15 is 0 Å². The van der Waals surface area contributed by atoms with Gasteiger partial charge >= 0.3 is 5.97 Å². The van der Waals surface area contributed by atoms with Crippen LogP contribution in [0.25, 0.3) is 0 Å². The van der Waals surface area contributed by atoms with Crippen LogP contribution in [0.3, 0.4) is 0 Å². The summed E-state index contributed by atoms with van der Waals surface area (Å²) in [7, 11) is 4.06. The molecule has 0 bridgehead atoms. The fraction of sp³-hybridized carbons (Fsp3) is 0.900. The van der Waals surface area contributed by atoms with Gasteiger partial charge in [0, 0.05) is 25.0 Å². The van der Waals surface area contributed by atoms with Crippen LogP contribution in [-0.4, -0.2) is 48.7 Å². The maximum atomic E-state index is 10.3.